The summed E-state index contributed by atoms with van der Waals surface area (Å²) >= 11 is 0. The number of carbonyl (C=O) groups excluding carboxylic acids is 4. The molecule has 1 saturated heterocycles. The SMILES string of the molecule is CO[C@@H]1C[C@H]2C(=O)C[C@]3(C(=O)NS(=O)(=O)CC(=O)Nc4ccccc4)C[C@H]3/C=C\CCCCC[C@H](C)C(=O)N2C1. The van der Waals surface area contributed by atoms with Crippen molar-refractivity contribution in [1.29, 1.82) is 0 Å². The lowest BCUT2D eigenvalue weighted by Crippen LogP contribution is -2.46. The maximum atomic E-state index is 13.7. The van der Waals surface area contributed by atoms with Gasteiger partial charge in [0.25, 0.3) is 0 Å². The lowest BCUT2D eigenvalue weighted by Gasteiger charge is -2.27. The number of para-hydroxylation sites is 1. The minimum atomic E-state index is -4.32. The van der Waals surface area contributed by atoms with Gasteiger partial charge in [0.1, 0.15) is 5.75 Å². The average molecular weight is 574 g/mol. The van der Waals surface area contributed by atoms with Crippen LogP contribution >= 0.6 is 0 Å². The lowest BCUT2D eigenvalue weighted by molar-refractivity contribution is -0.141. The molecule has 2 fully saturated rings. The Morgan fingerprint density at radius 1 is 1.12 bits per heavy atom. The Balaban J connectivity index is 1.51. The summed E-state index contributed by atoms with van der Waals surface area (Å²) in [6.07, 6.45) is 8.41. The van der Waals surface area contributed by atoms with Gasteiger partial charge in [0.2, 0.25) is 27.7 Å². The summed E-state index contributed by atoms with van der Waals surface area (Å²) in [7, 11) is -2.78. The van der Waals surface area contributed by atoms with Crippen molar-refractivity contribution in [2.75, 3.05) is 24.7 Å². The Hall–Kier alpha value is -3.05. The van der Waals surface area contributed by atoms with Crippen molar-refractivity contribution in [2.24, 2.45) is 17.3 Å². The zero-order valence-electron chi connectivity index (χ0n) is 23.1. The van der Waals surface area contributed by atoms with E-state index in [0.717, 1.165) is 32.1 Å². The number of anilines is 1. The smallest absolute Gasteiger partial charge is 0.244 e. The summed E-state index contributed by atoms with van der Waals surface area (Å²) in [6, 6.07) is 7.68. The molecule has 0 spiro atoms. The number of carbonyl (C=O) groups is 4. The third-order valence-corrected chi connectivity index (χ3v) is 9.39. The molecular formula is C29H39N3O7S. The standard InChI is InChI=1S/C29H39N3O7S/c1-20-11-7-4-3-5-8-12-21-16-29(21,17-25(33)24-15-23(39-2)18-32(24)27(20)35)28(36)31-40(37,38)19-26(34)30-22-13-9-6-10-14-22/h6,8-10,12-14,20-21,23-24H,3-5,7,11,15-19H2,1-2H3,(H,30,34)(H,31,36)/b12-8-/t20-,21+,23+,24-,29+/m0/s1. The fourth-order valence-corrected chi connectivity index (χ4v) is 6.78. The molecule has 4 rings (SSSR count). The number of sulfonamides is 1. The number of hydrogen-bond donors (Lipinski definition) is 2. The number of nitrogens with zero attached hydrogens (tertiary/aromatic N) is 1. The van der Waals surface area contributed by atoms with Crippen LogP contribution in [0.4, 0.5) is 5.69 Å². The fourth-order valence-electron chi connectivity index (χ4n) is 5.80. The number of ether oxygens (including phenoxy) is 1. The second-order valence-corrected chi connectivity index (χ2v) is 13.0. The molecule has 218 valence electrons. The zero-order valence-corrected chi connectivity index (χ0v) is 24.0. The highest BCUT2D eigenvalue weighted by atomic mass is 32.2. The minimum absolute atomic E-state index is 0.0937. The number of fused-ring (bicyclic) bond motifs is 2. The Labute approximate surface area is 235 Å². The first-order valence-electron chi connectivity index (χ1n) is 14.0. The van der Waals surface area contributed by atoms with E-state index >= 15 is 0 Å². The molecule has 10 nitrogen and oxygen atoms in total. The van der Waals surface area contributed by atoms with Crippen LogP contribution in [0.15, 0.2) is 42.5 Å². The van der Waals surface area contributed by atoms with Crippen LogP contribution in [0.25, 0.3) is 0 Å². The highest BCUT2D eigenvalue weighted by Gasteiger charge is 2.61. The number of benzene rings is 1. The molecule has 2 aliphatic heterocycles. The molecule has 1 aliphatic carbocycles. The second kappa shape index (κ2) is 12.6. The van der Waals surface area contributed by atoms with Crippen molar-refractivity contribution in [3.05, 3.63) is 42.5 Å². The highest BCUT2D eigenvalue weighted by Crippen LogP contribution is 2.57. The monoisotopic (exact) mass is 573 g/mol. The van der Waals surface area contributed by atoms with E-state index in [1.165, 1.54) is 0 Å². The predicted molar refractivity (Wildman–Crippen MR) is 149 cm³/mol. The Bertz CT molecular complexity index is 1250. The number of ketones is 1. The van der Waals surface area contributed by atoms with E-state index in [1.807, 2.05) is 19.1 Å². The molecule has 1 aromatic carbocycles. The average Bonchev–Trinajstić information content (AvgIpc) is 3.42. The van der Waals surface area contributed by atoms with Gasteiger partial charge in [-0.05, 0) is 43.7 Å². The van der Waals surface area contributed by atoms with Crippen molar-refractivity contribution >= 4 is 39.2 Å². The number of methoxy groups -OCH3 is 1. The summed E-state index contributed by atoms with van der Waals surface area (Å²) < 4.78 is 33.2. The van der Waals surface area contributed by atoms with Gasteiger partial charge in [0.05, 0.1) is 17.6 Å². The zero-order chi connectivity index (χ0) is 28.9. The maximum absolute atomic E-state index is 13.7. The van der Waals surface area contributed by atoms with Gasteiger partial charge in [0.15, 0.2) is 5.78 Å². The number of allylic oxidation sites excluding steroid dienone is 2. The van der Waals surface area contributed by atoms with E-state index in [0.29, 0.717) is 25.1 Å². The van der Waals surface area contributed by atoms with Crippen molar-refractivity contribution in [1.82, 2.24) is 9.62 Å². The normalized spacial score (nSPS) is 30.3. The molecule has 2 heterocycles. The van der Waals surface area contributed by atoms with Crippen LogP contribution in [-0.4, -0.2) is 68.4 Å². The largest absolute Gasteiger partial charge is 0.380 e. The predicted octanol–water partition coefficient (Wildman–Crippen LogP) is 2.81. The Kier molecular flexibility index (Phi) is 9.45. The minimum Gasteiger partial charge on any atom is -0.380 e. The molecule has 3 amide bonds. The van der Waals surface area contributed by atoms with E-state index in [-0.39, 0.29) is 36.1 Å². The quantitative estimate of drug-likeness (QED) is 0.499. The topological polar surface area (TPSA) is 139 Å². The Morgan fingerprint density at radius 3 is 2.60 bits per heavy atom. The Morgan fingerprint density at radius 2 is 1.88 bits per heavy atom. The third-order valence-electron chi connectivity index (χ3n) is 8.25. The molecule has 0 unspecified atom stereocenters. The van der Waals surface area contributed by atoms with Gasteiger partial charge in [-0.3, -0.25) is 23.9 Å². The van der Waals surface area contributed by atoms with Gasteiger partial charge in [-0.25, -0.2) is 8.42 Å². The van der Waals surface area contributed by atoms with Crippen LogP contribution in [0.2, 0.25) is 0 Å². The van der Waals surface area contributed by atoms with Gasteiger partial charge >= 0.3 is 0 Å². The summed E-state index contributed by atoms with van der Waals surface area (Å²) in [5.74, 6) is -3.42. The number of hydrogen-bond acceptors (Lipinski definition) is 7. The molecule has 2 N–H and O–H groups in total. The van der Waals surface area contributed by atoms with E-state index in [4.69, 9.17) is 4.74 Å². The number of nitrogens with one attached hydrogen (secondary N) is 2. The first-order chi connectivity index (χ1) is 19.0. The van der Waals surface area contributed by atoms with Gasteiger partial charge in [-0.1, -0.05) is 50.1 Å². The lowest BCUT2D eigenvalue weighted by atomic mass is 9.91. The van der Waals surface area contributed by atoms with Gasteiger partial charge < -0.3 is 15.0 Å². The van der Waals surface area contributed by atoms with Crippen molar-refractivity contribution in [3.63, 3.8) is 0 Å². The molecule has 1 saturated carbocycles. The molecule has 5 atom stereocenters. The van der Waals surface area contributed by atoms with Crippen molar-refractivity contribution < 1.29 is 32.3 Å². The third kappa shape index (κ3) is 7.17. The van der Waals surface area contributed by atoms with Crippen molar-refractivity contribution in [3.8, 4) is 0 Å². The molecular weight excluding hydrogens is 534 g/mol. The molecule has 0 bridgehead atoms. The molecule has 0 aromatic heterocycles. The van der Waals surface area contributed by atoms with E-state index < -0.39 is 39.0 Å². The number of rotatable bonds is 6. The summed E-state index contributed by atoms with van der Waals surface area (Å²) in [4.78, 5) is 54.4. The summed E-state index contributed by atoms with van der Waals surface area (Å²) in [6.45, 7) is 2.19. The van der Waals surface area contributed by atoms with Crippen LogP contribution in [0, 0.1) is 17.3 Å². The molecule has 3 aliphatic rings. The van der Waals surface area contributed by atoms with Crippen LogP contribution < -0.4 is 10.0 Å². The van der Waals surface area contributed by atoms with Crippen LogP contribution in [0.3, 0.4) is 0 Å². The van der Waals surface area contributed by atoms with Gasteiger partial charge in [0, 0.05) is 38.1 Å². The van der Waals surface area contributed by atoms with Crippen LogP contribution in [0.5, 0.6) is 0 Å². The van der Waals surface area contributed by atoms with Gasteiger partial charge in [-0.2, -0.15) is 0 Å². The van der Waals surface area contributed by atoms with Crippen LogP contribution in [0.1, 0.15) is 58.3 Å². The number of Topliss-reactive ketones (excluding diaryl/α,β-unsaturated/α-hetero) is 1. The van der Waals surface area contributed by atoms with E-state index in [2.05, 4.69) is 10.0 Å². The number of amides is 3. The molecule has 40 heavy (non-hydrogen) atoms. The van der Waals surface area contributed by atoms with E-state index in [1.54, 1.807) is 42.3 Å². The molecule has 11 heteroatoms. The van der Waals surface area contributed by atoms with Crippen LogP contribution in [-0.2, 0) is 33.9 Å². The molecule has 1 aromatic rings. The second-order valence-electron chi connectivity index (χ2n) is 11.3. The summed E-state index contributed by atoms with van der Waals surface area (Å²) in [5.41, 5.74) is -0.811. The maximum Gasteiger partial charge on any atom is 0.244 e. The van der Waals surface area contributed by atoms with Gasteiger partial charge in [-0.15, -0.1) is 0 Å². The summed E-state index contributed by atoms with van der Waals surface area (Å²) in [5, 5.41) is 2.50. The first kappa shape index (κ1) is 29.9. The highest BCUT2D eigenvalue weighted by molar-refractivity contribution is 7.90. The molecule has 0 radical (unpaired) electrons. The fraction of sp³-hybridized carbons (Fsp3) is 0.586. The van der Waals surface area contributed by atoms with Crippen molar-refractivity contribution in [2.45, 2.75) is 70.4 Å². The van der Waals surface area contributed by atoms with E-state index in [9.17, 15) is 27.6 Å². The first-order valence-corrected chi connectivity index (χ1v) is 15.6.